The number of rotatable bonds is 13. The van der Waals surface area contributed by atoms with Crippen LogP contribution < -0.4 is 20.1 Å². The van der Waals surface area contributed by atoms with Crippen molar-refractivity contribution in [1.82, 2.24) is 20.3 Å². The Morgan fingerprint density at radius 3 is 2.10 bits per heavy atom. The zero-order valence-electron chi connectivity index (χ0n) is 21.6. The van der Waals surface area contributed by atoms with Gasteiger partial charge in [0.25, 0.3) is 27.7 Å². The molecule has 0 aliphatic heterocycles. The number of hydrogen-bond acceptors (Lipinski definition) is 8. The number of carbonyl (C=O) groups is 3. The van der Waals surface area contributed by atoms with Gasteiger partial charge in [0.2, 0.25) is 0 Å². The second-order valence-electron chi connectivity index (χ2n) is 8.22. The molecular formula is C27H30N4O7S. The van der Waals surface area contributed by atoms with E-state index in [0.29, 0.717) is 44.0 Å². The van der Waals surface area contributed by atoms with Crippen LogP contribution in [0.2, 0.25) is 0 Å². The summed E-state index contributed by atoms with van der Waals surface area (Å²) in [6, 6.07) is 15.4. The maximum absolute atomic E-state index is 12.7. The highest BCUT2D eigenvalue weighted by Gasteiger charge is 2.19. The third-order valence-corrected chi connectivity index (χ3v) is 6.78. The second-order valence-corrected chi connectivity index (χ2v) is 9.91. The molecule has 0 saturated heterocycles. The van der Waals surface area contributed by atoms with Crippen LogP contribution in [0.15, 0.2) is 71.8 Å². The standard InChI is InChI=1S/C27H30N4O7S/c1-3-38-22-9-6-20(7-10-22)25(32)28-15-14-19-4-11-23(12-5-19)39(35,36)31-26(33)21-8-13-24(30-18-21)27(34)29-16-17-37-2/h4-13,18H,3,14-17H2,1-2H3,(H,28,32)(H,29,34)(H,31,33). The first-order valence-electron chi connectivity index (χ1n) is 12.1. The van der Waals surface area contributed by atoms with Crippen LogP contribution >= 0.6 is 0 Å². The molecule has 0 bridgehead atoms. The molecule has 0 radical (unpaired) electrons. The van der Waals surface area contributed by atoms with Gasteiger partial charge >= 0.3 is 0 Å². The molecule has 206 valence electrons. The van der Waals surface area contributed by atoms with Crippen LogP contribution in [0.5, 0.6) is 5.75 Å². The highest BCUT2D eigenvalue weighted by Crippen LogP contribution is 2.13. The summed E-state index contributed by atoms with van der Waals surface area (Å²) in [5, 5.41) is 5.42. The van der Waals surface area contributed by atoms with Gasteiger partial charge in [-0.2, -0.15) is 0 Å². The first-order chi connectivity index (χ1) is 18.7. The second kappa shape index (κ2) is 14.0. The van der Waals surface area contributed by atoms with E-state index in [1.54, 1.807) is 36.4 Å². The van der Waals surface area contributed by atoms with Crippen LogP contribution in [0.25, 0.3) is 0 Å². The Morgan fingerprint density at radius 2 is 1.49 bits per heavy atom. The van der Waals surface area contributed by atoms with E-state index in [0.717, 1.165) is 11.8 Å². The fourth-order valence-electron chi connectivity index (χ4n) is 3.39. The molecule has 11 nitrogen and oxygen atoms in total. The molecule has 0 saturated carbocycles. The molecule has 0 fully saturated rings. The van der Waals surface area contributed by atoms with Crippen molar-refractivity contribution >= 4 is 27.7 Å². The maximum Gasteiger partial charge on any atom is 0.269 e. The Hall–Kier alpha value is -4.29. The molecule has 0 unspecified atom stereocenters. The number of nitrogens with one attached hydrogen (secondary N) is 3. The van der Waals surface area contributed by atoms with Gasteiger partial charge in [-0.1, -0.05) is 12.1 Å². The van der Waals surface area contributed by atoms with Gasteiger partial charge in [-0.15, -0.1) is 0 Å². The van der Waals surface area contributed by atoms with E-state index < -0.39 is 21.8 Å². The average molecular weight is 555 g/mol. The van der Waals surface area contributed by atoms with Gasteiger partial charge in [-0.25, -0.2) is 13.1 Å². The lowest BCUT2D eigenvalue weighted by Gasteiger charge is -2.09. The average Bonchev–Trinajstić information content (AvgIpc) is 2.94. The number of pyridine rings is 1. The van der Waals surface area contributed by atoms with E-state index >= 15 is 0 Å². The summed E-state index contributed by atoms with van der Waals surface area (Å²) in [6.45, 7) is 3.41. The zero-order valence-corrected chi connectivity index (χ0v) is 22.4. The van der Waals surface area contributed by atoms with Crippen molar-refractivity contribution < 1.29 is 32.3 Å². The molecule has 3 N–H and O–H groups in total. The van der Waals surface area contributed by atoms with Crippen molar-refractivity contribution in [1.29, 1.82) is 0 Å². The van der Waals surface area contributed by atoms with Gasteiger partial charge in [0.15, 0.2) is 0 Å². The molecule has 3 aromatic rings. The number of ether oxygens (including phenoxy) is 2. The van der Waals surface area contributed by atoms with Crippen LogP contribution in [0, 0.1) is 0 Å². The summed E-state index contributed by atoms with van der Waals surface area (Å²) in [7, 11) is -2.64. The van der Waals surface area contributed by atoms with E-state index in [2.05, 4.69) is 15.6 Å². The van der Waals surface area contributed by atoms with Crippen molar-refractivity contribution in [3.63, 3.8) is 0 Å². The number of amides is 3. The Balaban J connectivity index is 1.51. The number of nitrogens with zero attached hydrogens (tertiary/aromatic N) is 1. The molecule has 3 rings (SSSR count). The SMILES string of the molecule is CCOc1ccc(C(=O)NCCc2ccc(S(=O)(=O)NC(=O)c3ccc(C(=O)NCCOC)nc3)cc2)cc1. The Kier molecular flexibility index (Phi) is 10.5. The molecular weight excluding hydrogens is 524 g/mol. The highest BCUT2D eigenvalue weighted by molar-refractivity contribution is 7.90. The van der Waals surface area contributed by atoms with Gasteiger partial charge in [0.1, 0.15) is 11.4 Å². The Bertz CT molecular complexity index is 1380. The van der Waals surface area contributed by atoms with Crippen molar-refractivity contribution in [2.24, 2.45) is 0 Å². The minimum absolute atomic E-state index is 0.0214. The van der Waals surface area contributed by atoms with Crippen LogP contribution in [-0.2, 0) is 21.2 Å². The highest BCUT2D eigenvalue weighted by atomic mass is 32.2. The molecule has 1 aromatic heterocycles. The van der Waals surface area contributed by atoms with E-state index in [1.165, 1.54) is 31.4 Å². The third kappa shape index (κ3) is 8.62. The van der Waals surface area contributed by atoms with E-state index in [9.17, 15) is 22.8 Å². The first-order valence-corrected chi connectivity index (χ1v) is 13.6. The van der Waals surface area contributed by atoms with Gasteiger partial charge < -0.3 is 20.1 Å². The fraction of sp³-hybridized carbons (Fsp3) is 0.259. The van der Waals surface area contributed by atoms with Crippen LogP contribution in [0.3, 0.4) is 0 Å². The summed E-state index contributed by atoms with van der Waals surface area (Å²) >= 11 is 0. The van der Waals surface area contributed by atoms with Gasteiger partial charge in [-0.3, -0.25) is 19.4 Å². The van der Waals surface area contributed by atoms with Crippen LogP contribution in [0.1, 0.15) is 43.7 Å². The molecule has 0 aliphatic carbocycles. The molecule has 3 amide bonds. The number of benzene rings is 2. The number of carbonyl (C=O) groups excluding carboxylic acids is 3. The summed E-state index contributed by atoms with van der Waals surface area (Å²) in [5.41, 5.74) is 1.37. The number of hydrogen-bond donors (Lipinski definition) is 3. The lowest BCUT2D eigenvalue weighted by molar-refractivity contribution is 0.0927. The van der Waals surface area contributed by atoms with Crippen molar-refractivity contribution in [3.8, 4) is 5.75 Å². The molecule has 0 atom stereocenters. The Morgan fingerprint density at radius 1 is 0.821 bits per heavy atom. The van der Waals surface area contributed by atoms with E-state index in [-0.39, 0.29) is 22.1 Å². The monoisotopic (exact) mass is 554 g/mol. The quantitative estimate of drug-likeness (QED) is 0.271. The lowest BCUT2D eigenvalue weighted by Crippen LogP contribution is -2.31. The predicted molar refractivity (Wildman–Crippen MR) is 143 cm³/mol. The van der Waals surface area contributed by atoms with E-state index in [1.807, 2.05) is 11.6 Å². The van der Waals surface area contributed by atoms with Crippen molar-refractivity contribution in [3.05, 3.63) is 89.2 Å². The van der Waals surface area contributed by atoms with Gasteiger partial charge in [-0.05, 0) is 67.4 Å². The molecule has 1 heterocycles. The normalized spacial score (nSPS) is 10.9. The van der Waals surface area contributed by atoms with Crippen LogP contribution in [0.4, 0.5) is 0 Å². The minimum Gasteiger partial charge on any atom is -0.494 e. The first kappa shape index (κ1) is 29.3. The summed E-state index contributed by atoms with van der Waals surface area (Å²) in [5.74, 6) is -0.861. The Labute approximate surface area is 227 Å². The summed E-state index contributed by atoms with van der Waals surface area (Å²) in [6.07, 6.45) is 1.60. The number of aromatic nitrogens is 1. The summed E-state index contributed by atoms with van der Waals surface area (Å²) < 4.78 is 37.6. The molecule has 39 heavy (non-hydrogen) atoms. The van der Waals surface area contributed by atoms with Crippen molar-refractivity contribution in [2.45, 2.75) is 18.2 Å². The largest absolute Gasteiger partial charge is 0.494 e. The summed E-state index contributed by atoms with van der Waals surface area (Å²) in [4.78, 5) is 40.6. The topological polar surface area (TPSA) is 153 Å². The smallest absolute Gasteiger partial charge is 0.269 e. The third-order valence-electron chi connectivity index (χ3n) is 5.44. The van der Waals surface area contributed by atoms with Crippen molar-refractivity contribution in [2.75, 3.05) is 33.4 Å². The van der Waals surface area contributed by atoms with Crippen LogP contribution in [-0.4, -0.2) is 64.5 Å². The predicted octanol–water partition coefficient (Wildman–Crippen LogP) is 1.95. The molecule has 12 heteroatoms. The molecule has 2 aromatic carbocycles. The molecule has 0 aliphatic rings. The molecule has 0 spiro atoms. The number of methoxy groups -OCH3 is 1. The maximum atomic E-state index is 12.7. The van der Waals surface area contributed by atoms with E-state index in [4.69, 9.17) is 9.47 Å². The minimum atomic E-state index is -4.14. The number of sulfonamides is 1. The zero-order chi connectivity index (χ0) is 28.3. The fourth-order valence-corrected chi connectivity index (χ4v) is 4.36. The lowest BCUT2D eigenvalue weighted by atomic mass is 10.1. The van der Waals surface area contributed by atoms with Gasteiger partial charge in [0, 0.05) is 32.0 Å². The van der Waals surface area contributed by atoms with Gasteiger partial charge in [0.05, 0.1) is 23.7 Å².